The molecule has 0 fully saturated rings. The van der Waals surface area contributed by atoms with Crippen LogP contribution in [-0.2, 0) is 0 Å². The zero-order chi connectivity index (χ0) is 29.9. The smallest absolute Gasteiger partial charge is 0.142 e. The van der Waals surface area contributed by atoms with Gasteiger partial charge in [0, 0.05) is 21.7 Å². The van der Waals surface area contributed by atoms with Crippen LogP contribution in [0.2, 0.25) is 0 Å². The number of nitrogens with zero attached hydrogens (tertiary/aromatic N) is 1. The van der Waals surface area contributed by atoms with Crippen molar-refractivity contribution in [3.8, 4) is 11.1 Å². The molecule has 1 aromatic heterocycles. The monoisotopic (exact) mass is 572 g/mol. The maximum atomic E-state index is 6.82. The Kier molecular flexibility index (Phi) is 6.23. The highest BCUT2D eigenvalue weighted by atomic mass is 16.3. The first-order chi connectivity index (χ1) is 21.5. The van der Waals surface area contributed by atoms with Crippen LogP contribution in [0.4, 0.5) is 17.1 Å². The van der Waals surface area contributed by atoms with Crippen LogP contribution in [0.3, 0.4) is 0 Å². The number of nitrogens with one attached hydrogen (secondary N) is 1. The Balaban J connectivity index is 1.39. The summed E-state index contributed by atoms with van der Waals surface area (Å²) >= 11 is 0. The third-order valence-electron chi connectivity index (χ3n) is 9.21. The van der Waals surface area contributed by atoms with Crippen LogP contribution in [0.25, 0.3) is 43.8 Å². The molecule has 7 aromatic rings. The van der Waals surface area contributed by atoms with Crippen LogP contribution < -0.4 is 10.2 Å². The molecular weight excluding hydrogens is 536 g/mol. The average Bonchev–Trinajstić information content (AvgIpc) is 3.63. The predicted molar refractivity (Wildman–Crippen MR) is 186 cm³/mol. The highest BCUT2D eigenvalue weighted by Crippen LogP contribution is 2.54. The molecule has 0 aliphatic carbocycles. The van der Waals surface area contributed by atoms with Crippen molar-refractivity contribution in [3.63, 3.8) is 0 Å². The van der Waals surface area contributed by atoms with E-state index in [9.17, 15) is 0 Å². The van der Waals surface area contributed by atoms with Crippen molar-refractivity contribution in [1.82, 2.24) is 0 Å². The molecule has 3 heteroatoms. The normalized spacial score (nSPS) is 14.7. The molecule has 216 valence electrons. The van der Waals surface area contributed by atoms with E-state index in [2.05, 4.69) is 159 Å². The predicted octanol–water partition coefficient (Wildman–Crippen LogP) is 11.9. The first kappa shape index (κ1) is 26.6. The zero-order valence-electron chi connectivity index (χ0n) is 25.6. The number of hydrogen-bond acceptors (Lipinski definition) is 3. The van der Waals surface area contributed by atoms with Crippen LogP contribution in [0.15, 0.2) is 126 Å². The van der Waals surface area contributed by atoms with E-state index >= 15 is 0 Å². The Hall–Kier alpha value is -5.02. The minimum absolute atomic E-state index is 0.147. The summed E-state index contributed by atoms with van der Waals surface area (Å²) in [5.41, 5.74) is 11.7. The van der Waals surface area contributed by atoms with Crippen LogP contribution >= 0.6 is 0 Å². The molecule has 0 radical (unpaired) electrons. The topological polar surface area (TPSA) is 28.4 Å². The first-order valence-electron chi connectivity index (χ1n) is 15.7. The molecule has 0 saturated carbocycles. The molecule has 1 atom stereocenters. The minimum Gasteiger partial charge on any atom is -0.456 e. The van der Waals surface area contributed by atoms with E-state index < -0.39 is 0 Å². The molecule has 1 N–H and O–H groups in total. The van der Waals surface area contributed by atoms with Gasteiger partial charge in [-0.3, -0.25) is 0 Å². The molecule has 0 spiro atoms. The summed E-state index contributed by atoms with van der Waals surface area (Å²) in [5, 5.41) is 8.73. The van der Waals surface area contributed by atoms with Gasteiger partial charge in [0.05, 0.1) is 17.1 Å². The van der Waals surface area contributed by atoms with Gasteiger partial charge in [-0.15, -0.1) is 0 Å². The van der Waals surface area contributed by atoms with Crippen molar-refractivity contribution in [2.75, 3.05) is 10.2 Å². The molecule has 8 rings (SSSR count). The van der Waals surface area contributed by atoms with Crippen LogP contribution in [0.1, 0.15) is 62.4 Å². The highest BCUT2D eigenvalue weighted by molar-refractivity contribution is 6.09. The van der Waals surface area contributed by atoms with E-state index in [0.29, 0.717) is 11.8 Å². The summed E-state index contributed by atoms with van der Waals surface area (Å²) in [4.78, 5) is 2.57. The van der Waals surface area contributed by atoms with Crippen molar-refractivity contribution < 1.29 is 4.42 Å². The maximum Gasteiger partial charge on any atom is 0.142 e. The third-order valence-corrected chi connectivity index (χ3v) is 9.21. The molecule has 0 amide bonds. The molecule has 3 nitrogen and oxygen atoms in total. The first-order valence-corrected chi connectivity index (χ1v) is 15.7. The number of hydrogen-bond donors (Lipinski definition) is 1. The van der Waals surface area contributed by atoms with Gasteiger partial charge in [0.2, 0.25) is 0 Å². The lowest BCUT2D eigenvalue weighted by Gasteiger charge is -2.33. The van der Waals surface area contributed by atoms with Crippen molar-refractivity contribution in [2.45, 2.75) is 45.7 Å². The van der Waals surface area contributed by atoms with Gasteiger partial charge in [-0.1, -0.05) is 131 Å². The molecule has 0 bridgehead atoms. The number of rotatable bonds is 5. The zero-order valence-corrected chi connectivity index (χ0v) is 25.6. The minimum atomic E-state index is -0.147. The number of furan rings is 1. The molecule has 1 aliphatic heterocycles. The number of benzene rings is 6. The Morgan fingerprint density at radius 1 is 0.591 bits per heavy atom. The molecule has 44 heavy (non-hydrogen) atoms. The summed E-state index contributed by atoms with van der Waals surface area (Å²) in [6.45, 7) is 9.21. The summed E-state index contributed by atoms with van der Waals surface area (Å²) in [6, 6.07) is 43.7. The summed E-state index contributed by atoms with van der Waals surface area (Å²) in [7, 11) is 0. The van der Waals surface area contributed by atoms with E-state index in [1.165, 1.54) is 38.8 Å². The van der Waals surface area contributed by atoms with Gasteiger partial charge in [-0.05, 0) is 57.7 Å². The third kappa shape index (κ3) is 4.11. The van der Waals surface area contributed by atoms with E-state index in [1.54, 1.807) is 0 Å². The van der Waals surface area contributed by atoms with Gasteiger partial charge in [-0.25, -0.2) is 0 Å². The second kappa shape index (κ2) is 10.3. The Bertz CT molecular complexity index is 2150. The average molecular weight is 573 g/mol. The fraction of sp³-hybridized carbons (Fsp3) is 0.171. The largest absolute Gasteiger partial charge is 0.456 e. The van der Waals surface area contributed by atoms with Crippen molar-refractivity contribution in [1.29, 1.82) is 0 Å². The van der Waals surface area contributed by atoms with E-state index in [-0.39, 0.29) is 6.17 Å². The number of anilines is 3. The molecule has 1 unspecified atom stereocenters. The maximum absolute atomic E-state index is 6.82. The molecule has 0 saturated heterocycles. The molecular formula is C41H36N2O. The van der Waals surface area contributed by atoms with Crippen molar-refractivity contribution in [3.05, 3.63) is 138 Å². The van der Waals surface area contributed by atoms with Gasteiger partial charge in [-0.2, -0.15) is 0 Å². The lowest BCUT2D eigenvalue weighted by atomic mass is 9.91. The Labute approximate surface area is 258 Å². The van der Waals surface area contributed by atoms with Crippen LogP contribution in [0.5, 0.6) is 0 Å². The number of fused-ring (bicyclic) bond motifs is 6. The van der Waals surface area contributed by atoms with E-state index in [0.717, 1.165) is 38.8 Å². The lowest BCUT2D eigenvalue weighted by molar-refractivity contribution is 0.655. The van der Waals surface area contributed by atoms with Crippen molar-refractivity contribution >= 4 is 49.8 Å². The second-order valence-electron chi connectivity index (χ2n) is 12.6. The van der Waals surface area contributed by atoms with Gasteiger partial charge in [0.25, 0.3) is 0 Å². The van der Waals surface area contributed by atoms with Crippen molar-refractivity contribution in [2.24, 2.45) is 0 Å². The van der Waals surface area contributed by atoms with Crippen LogP contribution in [0, 0.1) is 0 Å². The fourth-order valence-electron chi connectivity index (χ4n) is 7.07. The van der Waals surface area contributed by atoms with E-state index in [4.69, 9.17) is 4.42 Å². The van der Waals surface area contributed by atoms with Crippen LogP contribution in [-0.4, -0.2) is 0 Å². The highest BCUT2D eigenvalue weighted by Gasteiger charge is 2.37. The summed E-state index contributed by atoms with van der Waals surface area (Å²) in [6.07, 6.45) is -0.147. The lowest BCUT2D eigenvalue weighted by Crippen LogP contribution is -2.26. The van der Waals surface area contributed by atoms with Gasteiger partial charge in [0.15, 0.2) is 0 Å². The van der Waals surface area contributed by atoms with Gasteiger partial charge >= 0.3 is 0 Å². The molecule has 2 heterocycles. The van der Waals surface area contributed by atoms with Gasteiger partial charge in [0.1, 0.15) is 17.3 Å². The molecule has 6 aromatic carbocycles. The Morgan fingerprint density at radius 2 is 1.30 bits per heavy atom. The standard InChI is InChI=1S/C41H36N2O/c1-25(2)30-16-10-17-31(26(3)4)38(30)43-39-32-15-9-8-14-28(32)21-23-36(39)42-41(43)35-19-11-18-34-33-22-20-29(24-37(33)44-40(34)35)27-12-6-5-7-13-27/h5-26,41-42H,1-4H3. The fourth-order valence-corrected chi connectivity index (χ4v) is 7.07. The Morgan fingerprint density at radius 3 is 2.07 bits per heavy atom. The summed E-state index contributed by atoms with van der Waals surface area (Å²) < 4.78 is 6.82. The molecule has 1 aliphatic rings. The SMILES string of the molecule is CC(C)c1cccc(C(C)C)c1N1c2c(ccc3ccccc23)NC1c1cccc2c1oc1cc(-c3ccccc3)ccc12. The second-order valence-corrected chi connectivity index (χ2v) is 12.6. The van der Waals surface area contributed by atoms with Gasteiger partial charge < -0.3 is 14.6 Å². The summed E-state index contributed by atoms with van der Waals surface area (Å²) in [5.74, 6) is 0.726. The van der Waals surface area contributed by atoms with E-state index in [1.807, 2.05) is 0 Å². The number of para-hydroxylation sites is 2. The quantitative estimate of drug-likeness (QED) is 0.222.